The first-order chi connectivity index (χ1) is 14.7. The van der Waals surface area contributed by atoms with Crippen molar-refractivity contribution in [3.63, 3.8) is 0 Å². The Hall–Kier alpha value is -2.78. The summed E-state index contributed by atoms with van der Waals surface area (Å²) < 4.78 is 30.4. The molecule has 7 nitrogen and oxygen atoms in total. The second-order valence-electron chi connectivity index (χ2n) is 8.16. The zero-order valence-electron chi connectivity index (χ0n) is 17.6. The van der Waals surface area contributed by atoms with Crippen LogP contribution in [0.4, 0.5) is 11.1 Å². The molecule has 0 aliphatic rings. The van der Waals surface area contributed by atoms with E-state index in [0.717, 1.165) is 26.3 Å². The van der Waals surface area contributed by atoms with Crippen molar-refractivity contribution >= 4 is 53.4 Å². The van der Waals surface area contributed by atoms with E-state index in [2.05, 4.69) is 20.3 Å². The molecule has 0 atom stereocenters. The van der Waals surface area contributed by atoms with Crippen LogP contribution in [0.15, 0.2) is 48.7 Å². The predicted molar refractivity (Wildman–Crippen MR) is 126 cm³/mol. The molecule has 2 aromatic heterocycles. The van der Waals surface area contributed by atoms with E-state index in [4.69, 9.17) is 4.74 Å². The zero-order valence-corrected chi connectivity index (χ0v) is 19.3. The maximum atomic E-state index is 12.2. The molecular formula is C22H24N4O3S2. The van der Waals surface area contributed by atoms with E-state index in [9.17, 15) is 8.42 Å². The topological polar surface area (TPSA) is 94.1 Å². The molecule has 0 bridgehead atoms. The Morgan fingerprint density at radius 1 is 1.06 bits per heavy atom. The van der Waals surface area contributed by atoms with Crippen LogP contribution < -0.4 is 10.1 Å². The van der Waals surface area contributed by atoms with E-state index in [1.165, 1.54) is 0 Å². The molecule has 0 unspecified atom stereocenters. The van der Waals surface area contributed by atoms with Crippen molar-refractivity contribution in [1.29, 1.82) is 0 Å². The molecule has 0 fully saturated rings. The largest absolute Gasteiger partial charge is 0.494 e. The van der Waals surface area contributed by atoms with Crippen LogP contribution in [0.5, 0.6) is 5.75 Å². The van der Waals surface area contributed by atoms with Gasteiger partial charge in [0.25, 0.3) is 0 Å². The smallest absolute Gasteiger partial charge is 0.229 e. The quantitative estimate of drug-likeness (QED) is 0.393. The lowest BCUT2D eigenvalue weighted by Gasteiger charge is -2.19. The number of benzene rings is 2. The Labute approximate surface area is 185 Å². The third-order valence-electron chi connectivity index (χ3n) is 4.82. The molecule has 31 heavy (non-hydrogen) atoms. The molecule has 2 heterocycles. The third kappa shape index (κ3) is 4.94. The number of hydrogen-bond acceptors (Lipinski definition) is 8. The van der Waals surface area contributed by atoms with Gasteiger partial charge in [0, 0.05) is 11.6 Å². The Morgan fingerprint density at radius 3 is 2.65 bits per heavy atom. The highest BCUT2D eigenvalue weighted by atomic mass is 32.2. The molecule has 162 valence electrons. The minimum atomic E-state index is -3.14. The van der Waals surface area contributed by atoms with Gasteiger partial charge in [0.1, 0.15) is 5.75 Å². The van der Waals surface area contributed by atoms with Crippen molar-refractivity contribution in [2.45, 2.75) is 31.9 Å². The van der Waals surface area contributed by atoms with Crippen LogP contribution in [0, 0.1) is 0 Å². The van der Waals surface area contributed by atoms with Gasteiger partial charge in [0.05, 0.1) is 32.8 Å². The van der Waals surface area contributed by atoms with Crippen LogP contribution in [0.1, 0.15) is 27.2 Å². The van der Waals surface area contributed by atoms with Gasteiger partial charge in [0.2, 0.25) is 5.95 Å². The highest BCUT2D eigenvalue weighted by molar-refractivity contribution is 7.92. The van der Waals surface area contributed by atoms with Gasteiger partial charge in [-0.25, -0.2) is 23.4 Å². The lowest BCUT2D eigenvalue weighted by atomic mass is 10.2. The summed E-state index contributed by atoms with van der Waals surface area (Å²) in [6.45, 7) is 5.48. The van der Waals surface area contributed by atoms with Crippen LogP contribution in [0.25, 0.3) is 21.1 Å². The van der Waals surface area contributed by atoms with Crippen LogP contribution in [0.2, 0.25) is 0 Å². The van der Waals surface area contributed by atoms with E-state index in [1.54, 1.807) is 38.3 Å². The Morgan fingerprint density at radius 2 is 1.87 bits per heavy atom. The number of sulfone groups is 1. The summed E-state index contributed by atoms with van der Waals surface area (Å²) in [4.78, 5) is 13.5. The molecule has 0 amide bonds. The lowest BCUT2D eigenvalue weighted by molar-refractivity contribution is 0.318. The monoisotopic (exact) mass is 456 g/mol. The molecule has 4 rings (SSSR count). The van der Waals surface area contributed by atoms with Crippen LogP contribution in [-0.4, -0.2) is 40.5 Å². The lowest BCUT2D eigenvalue weighted by Crippen LogP contribution is -2.30. The summed E-state index contributed by atoms with van der Waals surface area (Å²) in [5.41, 5.74) is 1.72. The van der Waals surface area contributed by atoms with Crippen molar-refractivity contribution in [3.05, 3.63) is 48.7 Å². The fraction of sp³-hybridized carbons (Fsp3) is 0.318. The number of nitrogens with zero attached hydrogens (tertiary/aromatic N) is 3. The summed E-state index contributed by atoms with van der Waals surface area (Å²) >= 11 is 1.55. The number of rotatable bonds is 7. The Kier molecular flexibility index (Phi) is 5.81. The number of ether oxygens (including phenoxy) is 1. The van der Waals surface area contributed by atoms with Gasteiger partial charge in [-0.15, -0.1) is 0 Å². The molecule has 4 aromatic rings. The molecule has 9 heteroatoms. The second-order valence-corrected chi connectivity index (χ2v) is 12.1. The zero-order chi connectivity index (χ0) is 22.1. The van der Waals surface area contributed by atoms with Crippen LogP contribution >= 0.6 is 11.3 Å². The fourth-order valence-electron chi connectivity index (χ4n) is 2.93. The van der Waals surface area contributed by atoms with Gasteiger partial charge in [-0.05, 0) is 57.5 Å². The fourth-order valence-corrected chi connectivity index (χ4v) is 4.90. The molecule has 0 saturated carbocycles. The number of aromatic nitrogens is 3. The first kappa shape index (κ1) is 21.5. The average molecular weight is 457 g/mol. The second kappa shape index (κ2) is 8.39. The van der Waals surface area contributed by atoms with E-state index >= 15 is 0 Å². The van der Waals surface area contributed by atoms with Gasteiger partial charge < -0.3 is 4.74 Å². The molecule has 0 aliphatic heterocycles. The first-order valence-electron chi connectivity index (χ1n) is 9.96. The predicted octanol–water partition coefficient (Wildman–Crippen LogP) is 4.97. The van der Waals surface area contributed by atoms with E-state index < -0.39 is 14.6 Å². The maximum Gasteiger partial charge on any atom is 0.229 e. The van der Waals surface area contributed by atoms with Gasteiger partial charge in [0.15, 0.2) is 15.0 Å². The molecular weight excluding hydrogens is 432 g/mol. The summed E-state index contributed by atoms with van der Waals surface area (Å²) in [6, 6.07) is 13.5. The number of para-hydroxylation sites is 1. The highest BCUT2D eigenvalue weighted by Gasteiger charge is 2.28. The molecule has 1 N–H and O–H groups in total. The number of anilines is 2. The standard InChI is InChI=1S/C22H24N4O3S2/c1-22(2,3)31(27,28)12-6-11-29-16-9-10-17-15(13-16)14-23-20(24-17)26-21-25-18-7-4-5-8-19(18)30-21/h4-5,7-10,13-14H,6,11-12H2,1-3H3,(H,23,24,25,26). The number of nitrogens with one attached hydrogen (secondary N) is 1. The normalized spacial score (nSPS) is 12.4. The van der Waals surface area contributed by atoms with Gasteiger partial charge in [-0.2, -0.15) is 0 Å². The number of hydrogen-bond donors (Lipinski definition) is 1. The van der Waals surface area contributed by atoms with E-state index in [-0.39, 0.29) is 5.75 Å². The molecule has 0 spiro atoms. The highest BCUT2D eigenvalue weighted by Crippen LogP contribution is 2.28. The number of thiazole rings is 1. The summed E-state index contributed by atoms with van der Waals surface area (Å²) in [6.07, 6.45) is 2.17. The summed E-state index contributed by atoms with van der Waals surface area (Å²) in [5.74, 6) is 1.25. The van der Waals surface area contributed by atoms with Crippen LogP contribution in [-0.2, 0) is 9.84 Å². The average Bonchev–Trinajstić information content (AvgIpc) is 3.12. The van der Waals surface area contributed by atoms with Crippen molar-refractivity contribution < 1.29 is 13.2 Å². The van der Waals surface area contributed by atoms with Gasteiger partial charge >= 0.3 is 0 Å². The minimum Gasteiger partial charge on any atom is -0.494 e. The van der Waals surface area contributed by atoms with Crippen molar-refractivity contribution in [3.8, 4) is 5.75 Å². The Balaban J connectivity index is 1.40. The molecule has 2 aromatic carbocycles. The SMILES string of the molecule is CC(C)(C)S(=O)(=O)CCCOc1ccc2nc(Nc3nc4ccccc4s3)ncc2c1. The first-order valence-corrected chi connectivity index (χ1v) is 12.4. The third-order valence-corrected chi connectivity index (χ3v) is 8.47. The van der Waals surface area contributed by atoms with Gasteiger partial charge in [-0.1, -0.05) is 23.5 Å². The molecule has 0 aliphatic carbocycles. The van der Waals surface area contributed by atoms with E-state index in [1.807, 2.05) is 42.5 Å². The van der Waals surface area contributed by atoms with Crippen LogP contribution in [0.3, 0.4) is 0 Å². The van der Waals surface area contributed by atoms with Crippen molar-refractivity contribution in [2.24, 2.45) is 0 Å². The molecule has 0 radical (unpaired) electrons. The summed E-state index contributed by atoms with van der Waals surface area (Å²) in [5, 5.41) is 4.75. The van der Waals surface area contributed by atoms with E-state index in [0.29, 0.717) is 24.7 Å². The van der Waals surface area contributed by atoms with Gasteiger partial charge in [-0.3, -0.25) is 5.32 Å². The molecule has 0 saturated heterocycles. The van der Waals surface area contributed by atoms with Crippen molar-refractivity contribution in [1.82, 2.24) is 15.0 Å². The maximum absolute atomic E-state index is 12.2. The minimum absolute atomic E-state index is 0.105. The number of fused-ring (bicyclic) bond motifs is 2. The summed E-state index contributed by atoms with van der Waals surface area (Å²) in [7, 11) is -3.14. The Bertz CT molecular complexity index is 1290. The van der Waals surface area contributed by atoms with Crippen molar-refractivity contribution in [2.75, 3.05) is 17.7 Å².